The summed E-state index contributed by atoms with van der Waals surface area (Å²) < 4.78 is 21.7. The Balaban J connectivity index is 1.62. The number of unbranched alkanes of at least 4 members (excludes halogenated alkanes) is 6. The highest BCUT2D eigenvalue weighted by Gasteiger charge is 2.16. The van der Waals surface area contributed by atoms with Crippen molar-refractivity contribution in [3.8, 4) is 33.8 Å². The van der Waals surface area contributed by atoms with Gasteiger partial charge in [0.2, 0.25) is 0 Å². The zero-order valence-electron chi connectivity index (χ0n) is 27.0. The Labute approximate surface area is 280 Å². The first-order valence-electron chi connectivity index (χ1n) is 15.9. The predicted octanol–water partition coefficient (Wildman–Crippen LogP) is 7.75. The lowest BCUT2D eigenvalue weighted by atomic mass is 9.94. The van der Waals surface area contributed by atoms with E-state index in [4.69, 9.17) is 18.9 Å². The summed E-state index contributed by atoms with van der Waals surface area (Å²) in [5.74, 6) is -1.94. The van der Waals surface area contributed by atoms with E-state index in [9.17, 15) is 29.4 Å². The molecule has 0 aliphatic heterocycles. The average molecular weight is 659 g/mol. The molecule has 3 rings (SSSR count). The Morgan fingerprint density at radius 1 is 0.521 bits per heavy atom. The minimum absolute atomic E-state index is 0.114. The van der Waals surface area contributed by atoms with E-state index in [0.29, 0.717) is 60.2 Å². The van der Waals surface area contributed by atoms with Crippen molar-refractivity contribution in [2.75, 3.05) is 26.4 Å². The summed E-state index contributed by atoms with van der Waals surface area (Å²) >= 11 is 0. The average Bonchev–Trinajstić information content (AvgIpc) is 3.09. The van der Waals surface area contributed by atoms with E-state index in [2.05, 4.69) is 13.2 Å². The van der Waals surface area contributed by atoms with Crippen molar-refractivity contribution in [1.29, 1.82) is 0 Å². The third-order valence-corrected chi connectivity index (χ3v) is 7.39. The monoisotopic (exact) mass is 658 g/mol. The van der Waals surface area contributed by atoms with Gasteiger partial charge in [-0.1, -0.05) is 37.4 Å². The smallest absolute Gasteiger partial charge is 0.336 e. The standard InChI is InChI=1S/C38H42O10/c1-3-35(39)47-23-11-7-5-9-21-45-29-17-19-31(37(41)42)33(25-29)27-13-15-28(16-14-27)34-26-30(18-20-32(34)38(43)44)46-22-10-6-8-12-24-48-36(40)4-2/h3-4,13-20,25-26H,1-2,5-12,21-24H2,(H,41,42)(H,43,44). The molecule has 10 nitrogen and oxygen atoms in total. The molecule has 10 heteroatoms. The van der Waals surface area contributed by atoms with Crippen LogP contribution in [0.15, 0.2) is 86.0 Å². The molecule has 0 aliphatic rings. The molecule has 254 valence electrons. The summed E-state index contributed by atoms with van der Waals surface area (Å²) in [7, 11) is 0. The van der Waals surface area contributed by atoms with Gasteiger partial charge in [0.15, 0.2) is 0 Å². The third kappa shape index (κ3) is 12.1. The van der Waals surface area contributed by atoms with Gasteiger partial charge in [0.1, 0.15) is 11.5 Å². The van der Waals surface area contributed by atoms with Crippen LogP contribution in [-0.2, 0) is 19.1 Å². The highest BCUT2D eigenvalue weighted by molar-refractivity contribution is 5.98. The molecule has 0 amide bonds. The van der Waals surface area contributed by atoms with E-state index in [1.54, 1.807) is 48.5 Å². The van der Waals surface area contributed by atoms with Gasteiger partial charge in [-0.3, -0.25) is 0 Å². The summed E-state index contributed by atoms with van der Waals surface area (Å²) in [5, 5.41) is 19.7. The van der Waals surface area contributed by atoms with Crippen LogP contribution in [0.2, 0.25) is 0 Å². The first kappa shape index (κ1) is 37.1. The quantitative estimate of drug-likeness (QED) is 0.0624. The van der Waals surface area contributed by atoms with Crippen LogP contribution in [0.5, 0.6) is 11.5 Å². The van der Waals surface area contributed by atoms with Gasteiger partial charge in [-0.25, -0.2) is 19.2 Å². The van der Waals surface area contributed by atoms with Crippen LogP contribution in [0.4, 0.5) is 0 Å². The Hall–Kier alpha value is -5.38. The summed E-state index contributed by atoms with van der Waals surface area (Å²) in [6.45, 7) is 8.31. The van der Waals surface area contributed by atoms with E-state index in [1.807, 2.05) is 0 Å². The molecule has 0 saturated heterocycles. The Bertz CT molecular complexity index is 1440. The number of carboxylic acids is 2. The topological polar surface area (TPSA) is 146 Å². The SMILES string of the molecule is C=CC(=O)OCCCCCCOc1ccc(C(=O)O)c(-c2ccc(-c3cc(OCCCCCCOC(=O)C=C)ccc3C(=O)O)cc2)c1. The summed E-state index contributed by atoms with van der Waals surface area (Å²) in [4.78, 5) is 46.2. The highest BCUT2D eigenvalue weighted by Crippen LogP contribution is 2.33. The van der Waals surface area contributed by atoms with Crippen LogP contribution >= 0.6 is 0 Å². The van der Waals surface area contributed by atoms with Gasteiger partial charge in [0.05, 0.1) is 37.6 Å². The van der Waals surface area contributed by atoms with Gasteiger partial charge in [0.25, 0.3) is 0 Å². The molecule has 0 heterocycles. The first-order chi connectivity index (χ1) is 23.2. The molecule has 0 spiro atoms. The number of ether oxygens (including phenoxy) is 4. The lowest BCUT2D eigenvalue weighted by Crippen LogP contribution is -2.04. The predicted molar refractivity (Wildman–Crippen MR) is 181 cm³/mol. The van der Waals surface area contributed by atoms with Crippen LogP contribution in [0.25, 0.3) is 22.3 Å². The minimum Gasteiger partial charge on any atom is -0.494 e. The summed E-state index contributed by atoms with van der Waals surface area (Å²) in [5.41, 5.74) is 2.46. The summed E-state index contributed by atoms with van der Waals surface area (Å²) in [6.07, 6.45) is 8.85. The number of benzene rings is 3. The second kappa shape index (κ2) is 20.0. The number of carboxylic acid groups (broad SMARTS) is 2. The second-order valence-electron chi connectivity index (χ2n) is 10.9. The van der Waals surface area contributed by atoms with Crippen molar-refractivity contribution in [3.63, 3.8) is 0 Å². The van der Waals surface area contributed by atoms with E-state index >= 15 is 0 Å². The number of aromatic carboxylic acids is 2. The van der Waals surface area contributed by atoms with Crippen LogP contribution in [0, 0.1) is 0 Å². The molecule has 0 fully saturated rings. The maximum absolute atomic E-state index is 12.0. The Morgan fingerprint density at radius 2 is 0.875 bits per heavy atom. The number of carbonyl (C=O) groups is 4. The second-order valence-corrected chi connectivity index (χ2v) is 10.9. The van der Waals surface area contributed by atoms with Gasteiger partial charge in [0, 0.05) is 12.2 Å². The Kier molecular flexibility index (Phi) is 15.4. The molecule has 3 aromatic rings. The largest absolute Gasteiger partial charge is 0.494 e. The fraction of sp³-hybridized carbons (Fsp3) is 0.316. The van der Waals surface area contributed by atoms with Crippen LogP contribution in [-0.4, -0.2) is 60.5 Å². The van der Waals surface area contributed by atoms with Gasteiger partial charge in [-0.05, 0) is 110 Å². The molecule has 3 aromatic carbocycles. The maximum atomic E-state index is 12.0. The van der Waals surface area contributed by atoms with E-state index in [0.717, 1.165) is 63.5 Å². The van der Waals surface area contributed by atoms with Crippen molar-refractivity contribution in [2.24, 2.45) is 0 Å². The molecular formula is C38H42O10. The molecule has 0 bridgehead atoms. The highest BCUT2D eigenvalue weighted by atomic mass is 16.5. The van der Waals surface area contributed by atoms with E-state index < -0.39 is 23.9 Å². The number of carbonyl (C=O) groups excluding carboxylic acids is 2. The molecule has 0 aromatic heterocycles. The fourth-order valence-corrected chi connectivity index (χ4v) is 4.87. The fourth-order valence-electron chi connectivity index (χ4n) is 4.87. The molecule has 0 unspecified atom stereocenters. The molecule has 48 heavy (non-hydrogen) atoms. The number of hydrogen-bond acceptors (Lipinski definition) is 8. The van der Waals surface area contributed by atoms with Crippen LogP contribution in [0.3, 0.4) is 0 Å². The molecule has 0 aliphatic carbocycles. The molecule has 0 radical (unpaired) electrons. The molecular weight excluding hydrogens is 616 g/mol. The Morgan fingerprint density at radius 3 is 1.21 bits per heavy atom. The zero-order chi connectivity index (χ0) is 34.7. The van der Waals surface area contributed by atoms with Gasteiger partial charge in [-0.15, -0.1) is 0 Å². The molecule has 2 N–H and O–H groups in total. The third-order valence-electron chi connectivity index (χ3n) is 7.39. The lowest BCUT2D eigenvalue weighted by Gasteiger charge is -2.13. The number of rotatable bonds is 22. The van der Waals surface area contributed by atoms with E-state index in [1.165, 1.54) is 12.1 Å². The summed E-state index contributed by atoms with van der Waals surface area (Å²) in [6, 6.07) is 16.7. The lowest BCUT2D eigenvalue weighted by molar-refractivity contribution is -0.138. The van der Waals surface area contributed by atoms with Crippen molar-refractivity contribution in [1.82, 2.24) is 0 Å². The van der Waals surface area contributed by atoms with E-state index in [-0.39, 0.29) is 11.1 Å². The van der Waals surface area contributed by atoms with Gasteiger partial charge < -0.3 is 29.2 Å². The zero-order valence-corrected chi connectivity index (χ0v) is 27.0. The molecule has 0 saturated carbocycles. The van der Waals surface area contributed by atoms with Crippen molar-refractivity contribution >= 4 is 23.9 Å². The number of esters is 2. The van der Waals surface area contributed by atoms with Gasteiger partial charge >= 0.3 is 23.9 Å². The maximum Gasteiger partial charge on any atom is 0.336 e. The first-order valence-corrected chi connectivity index (χ1v) is 15.9. The van der Waals surface area contributed by atoms with Crippen molar-refractivity contribution in [2.45, 2.75) is 51.4 Å². The van der Waals surface area contributed by atoms with Crippen LogP contribution < -0.4 is 9.47 Å². The van der Waals surface area contributed by atoms with Crippen LogP contribution in [0.1, 0.15) is 72.1 Å². The van der Waals surface area contributed by atoms with Gasteiger partial charge in [-0.2, -0.15) is 0 Å². The molecule has 0 atom stereocenters. The normalized spacial score (nSPS) is 10.5. The van der Waals surface area contributed by atoms with Crippen molar-refractivity contribution in [3.05, 3.63) is 97.1 Å². The number of hydrogen-bond donors (Lipinski definition) is 2. The minimum atomic E-state index is -1.08. The van der Waals surface area contributed by atoms with Crippen molar-refractivity contribution < 1.29 is 48.3 Å².